The van der Waals surface area contributed by atoms with E-state index >= 15 is 0 Å². The van der Waals surface area contributed by atoms with E-state index in [9.17, 15) is 13.2 Å². The number of hydrogen-bond donors (Lipinski definition) is 1. The van der Waals surface area contributed by atoms with Crippen molar-refractivity contribution in [2.24, 2.45) is 0 Å². The van der Waals surface area contributed by atoms with Crippen LogP contribution in [0.4, 0.5) is 13.2 Å². The number of halogens is 3. The van der Waals surface area contributed by atoms with Crippen LogP contribution in [-0.4, -0.2) is 31.7 Å². The van der Waals surface area contributed by atoms with Crippen LogP contribution in [0.1, 0.15) is 17.9 Å². The molecule has 17 heavy (non-hydrogen) atoms. The third kappa shape index (κ3) is 5.74. The molecule has 0 saturated heterocycles. The Labute approximate surface area is 98.6 Å². The Morgan fingerprint density at radius 2 is 1.94 bits per heavy atom. The van der Waals surface area contributed by atoms with E-state index in [0.29, 0.717) is 18.8 Å². The fourth-order valence-electron chi connectivity index (χ4n) is 1.44. The van der Waals surface area contributed by atoms with Crippen molar-refractivity contribution in [3.05, 3.63) is 23.7 Å². The van der Waals surface area contributed by atoms with Gasteiger partial charge < -0.3 is 9.73 Å². The van der Waals surface area contributed by atoms with Crippen molar-refractivity contribution in [3.63, 3.8) is 0 Å². The van der Waals surface area contributed by atoms with Crippen molar-refractivity contribution in [3.8, 4) is 0 Å². The summed E-state index contributed by atoms with van der Waals surface area (Å²) in [6.45, 7) is 0.984. The van der Waals surface area contributed by atoms with Crippen LogP contribution >= 0.6 is 0 Å². The number of alkyl halides is 3. The Bertz CT molecular complexity index is 336. The third-order valence-electron chi connectivity index (χ3n) is 2.27. The molecule has 0 aliphatic heterocycles. The Balaban J connectivity index is 2.36. The van der Waals surface area contributed by atoms with Crippen LogP contribution < -0.4 is 5.32 Å². The van der Waals surface area contributed by atoms with E-state index in [4.69, 9.17) is 4.42 Å². The van der Waals surface area contributed by atoms with Crippen molar-refractivity contribution < 1.29 is 17.6 Å². The summed E-state index contributed by atoms with van der Waals surface area (Å²) in [5, 5.41) is 2.94. The van der Waals surface area contributed by atoms with Gasteiger partial charge in [-0.15, -0.1) is 0 Å². The van der Waals surface area contributed by atoms with Crippen LogP contribution in [0.25, 0.3) is 0 Å². The van der Waals surface area contributed by atoms with E-state index in [1.165, 1.54) is 0 Å². The molecule has 0 saturated carbocycles. The van der Waals surface area contributed by atoms with Crippen LogP contribution in [0.2, 0.25) is 0 Å². The molecule has 0 radical (unpaired) electrons. The van der Waals surface area contributed by atoms with Gasteiger partial charge in [-0.2, -0.15) is 13.2 Å². The number of furan rings is 1. The number of nitrogens with one attached hydrogen (secondary N) is 1. The zero-order chi connectivity index (χ0) is 12.9. The summed E-state index contributed by atoms with van der Waals surface area (Å²) in [5.41, 5.74) is 0. The van der Waals surface area contributed by atoms with Crippen molar-refractivity contribution in [2.75, 3.05) is 20.6 Å². The van der Waals surface area contributed by atoms with Gasteiger partial charge in [-0.05, 0) is 26.2 Å². The molecule has 0 atom stereocenters. The lowest BCUT2D eigenvalue weighted by atomic mass is 10.3. The molecule has 0 aromatic carbocycles. The van der Waals surface area contributed by atoms with E-state index in [0.717, 1.165) is 5.76 Å². The number of rotatable bonds is 6. The van der Waals surface area contributed by atoms with Gasteiger partial charge in [0.05, 0.1) is 19.5 Å². The van der Waals surface area contributed by atoms with Crippen LogP contribution in [0.3, 0.4) is 0 Å². The summed E-state index contributed by atoms with van der Waals surface area (Å²) in [6.07, 6.45) is -4.90. The lowest BCUT2D eigenvalue weighted by Crippen LogP contribution is -2.23. The first-order valence-electron chi connectivity index (χ1n) is 5.38. The molecule has 0 fully saturated rings. The highest BCUT2D eigenvalue weighted by Gasteiger charge is 2.27. The van der Waals surface area contributed by atoms with E-state index < -0.39 is 12.6 Å². The normalized spacial score (nSPS) is 12.4. The SMILES string of the molecule is CNCc1ccc(CN(C)CCC(F)(F)F)o1. The summed E-state index contributed by atoms with van der Waals surface area (Å²) >= 11 is 0. The lowest BCUT2D eigenvalue weighted by molar-refractivity contribution is -0.137. The molecular weight excluding hydrogens is 233 g/mol. The van der Waals surface area contributed by atoms with Crippen molar-refractivity contribution >= 4 is 0 Å². The van der Waals surface area contributed by atoms with Gasteiger partial charge in [0.1, 0.15) is 11.5 Å². The highest BCUT2D eigenvalue weighted by atomic mass is 19.4. The minimum absolute atomic E-state index is 0.0223. The molecular formula is C11H17F3N2O. The van der Waals surface area contributed by atoms with E-state index in [2.05, 4.69) is 5.32 Å². The molecule has 1 rings (SSSR count). The fourth-order valence-corrected chi connectivity index (χ4v) is 1.44. The molecule has 0 aliphatic carbocycles. The second-order valence-corrected chi connectivity index (χ2v) is 4.00. The summed E-state index contributed by atoms with van der Waals surface area (Å²) < 4.78 is 41.4. The second kappa shape index (κ2) is 6.07. The second-order valence-electron chi connectivity index (χ2n) is 4.00. The van der Waals surface area contributed by atoms with Crippen LogP contribution in [0, 0.1) is 0 Å². The van der Waals surface area contributed by atoms with Crippen LogP contribution in [-0.2, 0) is 13.1 Å². The molecule has 0 bridgehead atoms. The predicted molar refractivity (Wildman–Crippen MR) is 58.5 cm³/mol. The topological polar surface area (TPSA) is 28.4 Å². The molecule has 3 nitrogen and oxygen atoms in total. The quantitative estimate of drug-likeness (QED) is 0.840. The molecule has 1 N–H and O–H groups in total. The average molecular weight is 250 g/mol. The zero-order valence-corrected chi connectivity index (χ0v) is 9.97. The van der Waals surface area contributed by atoms with Gasteiger partial charge in [0.25, 0.3) is 0 Å². The lowest BCUT2D eigenvalue weighted by Gasteiger charge is -2.16. The highest BCUT2D eigenvalue weighted by Crippen LogP contribution is 2.20. The molecule has 1 aromatic rings. The molecule has 1 heterocycles. The van der Waals surface area contributed by atoms with Crippen molar-refractivity contribution in [2.45, 2.75) is 25.7 Å². The van der Waals surface area contributed by atoms with Gasteiger partial charge in [-0.1, -0.05) is 0 Å². The van der Waals surface area contributed by atoms with E-state index in [-0.39, 0.29) is 6.54 Å². The highest BCUT2D eigenvalue weighted by molar-refractivity contribution is 5.06. The first-order valence-corrected chi connectivity index (χ1v) is 5.38. The Hall–Kier alpha value is -1.01. The maximum absolute atomic E-state index is 12.0. The summed E-state index contributed by atoms with van der Waals surface area (Å²) in [7, 11) is 3.45. The van der Waals surface area contributed by atoms with E-state index in [1.807, 2.05) is 6.07 Å². The van der Waals surface area contributed by atoms with Crippen LogP contribution in [0.5, 0.6) is 0 Å². The largest absolute Gasteiger partial charge is 0.463 e. The summed E-state index contributed by atoms with van der Waals surface area (Å²) in [6, 6.07) is 3.61. The van der Waals surface area contributed by atoms with Gasteiger partial charge in [0.15, 0.2) is 0 Å². The molecule has 98 valence electrons. The maximum atomic E-state index is 12.0. The van der Waals surface area contributed by atoms with Gasteiger partial charge >= 0.3 is 6.18 Å². The maximum Gasteiger partial charge on any atom is 0.390 e. The molecule has 0 spiro atoms. The summed E-state index contributed by atoms with van der Waals surface area (Å²) in [5.74, 6) is 1.46. The molecule has 6 heteroatoms. The minimum atomic E-state index is -4.10. The fraction of sp³-hybridized carbons (Fsp3) is 0.636. The molecule has 0 amide bonds. The molecule has 0 aliphatic rings. The van der Waals surface area contributed by atoms with Crippen LogP contribution in [0.15, 0.2) is 16.5 Å². The average Bonchev–Trinajstić information content (AvgIpc) is 2.62. The third-order valence-corrected chi connectivity index (χ3v) is 2.27. The van der Waals surface area contributed by atoms with Gasteiger partial charge in [0.2, 0.25) is 0 Å². The molecule has 1 aromatic heterocycles. The monoisotopic (exact) mass is 250 g/mol. The van der Waals surface area contributed by atoms with Gasteiger partial charge in [0, 0.05) is 6.54 Å². The van der Waals surface area contributed by atoms with E-state index in [1.54, 1.807) is 25.1 Å². The Kier molecular flexibility index (Phi) is 5.02. The Morgan fingerprint density at radius 1 is 1.29 bits per heavy atom. The van der Waals surface area contributed by atoms with Crippen molar-refractivity contribution in [1.82, 2.24) is 10.2 Å². The number of hydrogen-bond acceptors (Lipinski definition) is 3. The minimum Gasteiger partial charge on any atom is -0.463 e. The first-order chi connectivity index (χ1) is 7.90. The summed E-state index contributed by atoms with van der Waals surface area (Å²) in [4.78, 5) is 1.59. The zero-order valence-electron chi connectivity index (χ0n) is 9.97. The number of nitrogens with zero attached hydrogens (tertiary/aromatic N) is 1. The Morgan fingerprint density at radius 3 is 2.53 bits per heavy atom. The molecule has 0 unspecified atom stereocenters. The first kappa shape index (κ1) is 14.1. The van der Waals surface area contributed by atoms with Gasteiger partial charge in [-0.25, -0.2) is 0 Å². The predicted octanol–water partition coefficient (Wildman–Crippen LogP) is 2.38. The standard InChI is InChI=1S/C11H17F3N2O/c1-15-7-9-3-4-10(17-9)8-16(2)6-5-11(12,13)14/h3-4,15H,5-8H2,1-2H3. The van der Waals surface area contributed by atoms with Crippen molar-refractivity contribution in [1.29, 1.82) is 0 Å². The smallest absolute Gasteiger partial charge is 0.390 e. The van der Waals surface area contributed by atoms with Gasteiger partial charge in [-0.3, -0.25) is 4.90 Å².